The number of rotatable bonds is 6. The number of nitrogens with one attached hydrogen (secondary N) is 2. The van der Waals surface area contributed by atoms with E-state index < -0.39 is 5.97 Å². The highest BCUT2D eigenvalue weighted by Gasteiger charge is 2.16. The number of nitrogens with zero attached hydrogens (tertiary/aromatic N) is 5. The summed E-state index contributed by atoms with van der Waals surface area (Å²) < 4.78 is 1.71. The first-order chi connectivity index (χ1) is 15.6. The Labute approximate surface area is 182 Å². The van der Waals surface area contributed by atoms with Gasteiger partial charge in [0, 0.05) is 23.1 Å². The van der Waals surface area contributed by atoms with Crippen LogP contribution >= 0.6 is 0 Å². The number of aromatic amines is 1. The van der Waals surface area contributed by atoms with E-state index in [1.807, 2.05) is 43.5 Å². The number of hydrogen-bond acceptors (Lipinski definition) is 6. The normalized spacial score (nSPS) is 11.0. The lowest BCUT2D eigenvalue weighted by atomic mass is 10.1. The van der Waals surface area contributed by atoms with Gasteiger partial charge in [0.25, 0.3) is 0 Å². The third kappa shape index (κ3) is 3.79. The summed E-state index contributed by atoms with van der Waals surface area (Å²) in [6, 6.07) is 16.3. The minimum atomic E-state index is -0.952. The van der Waals surface area contributed by atoms with Crippen molar-refractivity contribution in [2.75, 3.05) is 5.32 Å². The maximum Gasteiger partial charge on any atom is 0.335 e. The molecule has 5 aromatic rings. The topological polar surface area (TPSA) is 121 Å². The molecule has 0 radical (unpaired) electrons. The van der Waals surface area contributed by atoms with Crippen molar-refractivity contribution >= 4 is 17.3 Å². The summed E-state index contributed by atoms with van der Waals surface area (Å²) in [7, 11) is 0. The smallest absolute Gasteiger partial charge is 0.335 e. The molecule has 4 heterocycles. The summed E-state index contributed by atoms with van der Waals surface area (Å²) >= 11 is 0. The number of pyridine rings is 2. The van der Waals surface area contributed by atoms with Crippen LogP contribution in [0, 0.1) is 6.92 Å². The Morgan fingerprint density at radius 1 is 1.09 bits per heavy atom. The number of benzene rings is 1. The molecule has 0 fully saturated rings. The number of anilines is 1. The van der Waals surface area contributed by atoms with Gasteiger partial charge in [0.05, 0.1) is 29.2 Å². The second-order valence-electron chi connectivity index (χ2n) is 7.29. The molecule has 9 nitrogen and oxygen atoms in total. The number of hydrogen-bond donors (Lipinski definition) is 3. The van der Waals surface area contributed by atoms with E-state index in [0.29, 0.717) is 6.54 Å². The zero-order valence-electron chi connectivity index (χ0n) is 17.1. The van der Waals surface area contributed by atoms with E-state index in [1.165, 1.54) is 6.33 Å². The molecule has 9 heteroatoms. The van der Waals surface area contributed by atoms with E-state index in [2.05, 4.69) is 25.4 Å². The summed E-state index contributed by atoms with van der Waals surface area (Å²) in [5, 5.41) is 16.5. The SMILES string of the molecule is Cc1cccc(-c2[nH]c(CNc3ccc(C(=O)O)cc3)nc2-c2ccc3ncnn3c2)n1. The second-order valence-corrected chi connectivity index (χ2v) is 7.29. The molecule has 0 saturated carbocycles. The zero-order valence-corrected chi connectivity index (χ0v) is 17.1. The average Bonchev–Trinajstić information content (AvgIpc) is 3.44. The molecule has 0 aliphatic carbocycles. The van der Waals surface area contributed by atoms with Crippen LogP contribution in [0.15, 0.2) is 67.1 Å². The molecule has 0 atom stereocenters. The van der Waals surface area contributed by atoms with Gasteiger partial charge >= 0.3 is 5.97 Å². The molecule has 0 unspecified atom stereocenters. The van der Waals surface area contributed by atoms with Crippen LogP contribution in [-0.2, 0) is 6.54 Å². The highest BCUT2D eigenvalue weighted by molar-refractivity contribution is 5.88. The van der Waals surface area contributed by atoms with Crippen LogP contribution in [0.3, 0.4) is 0 Å². The monoisotopic (exact) mass is 425 g/mol. The van der Waals surface area contributed by atoms with Crippen LogP contribution in [0.4, 0.5) is 5.69 Å². The maximum atomic E-state index is 11.0. The minimum Gasteiger partial charge on any atom is -0.478 e. The number of aryl methyl sites for hydroxylation is 1. The molecule has 4 aromatic heterocycles. The molecule has 0 aliphatic rings. The van der Waals surface area contributed by atoms with Crippen LogP contribution in [-0.4, -0.2) is 40.6 Å². The minimum absolute atomic E-state index is 0.243. The van der Waals surface area contributed by atoms with Crippen molar-refractivity contribution in [1.29, 1.82) is 0 Å². The maximum absolute atomic E-state index is 11.0. The van der Waals surface area contributed by atoms with Crippen molar-refractivity contribution in [3.63, 3.8) is 0 Å². The molecule has 0 aliphatic heterocycles. The van der Waals surface area contributed by atoms with Gasteiger partial charge in [-0.2, -0.15) is 5.10 Å². The molecule has 0 bridgehead atoms. The molecule has 3 N–H and O–H groups in total. The summed E-state index contributed by atoms with van der Waals surface area (Å²) in [6.07, 6.45) is 3.40. The van der Waals surface area contributed by atoms with E-state index in [-0.39, 0.29) is 5.56 Å². The van der Waals surface area contributed by atoms with Gasteiger partial charge in [0.15, 0.2) is 5.65 Å². The molecule has 0 amide bonds. The number of carbonyl (C=O) groups is 1. The van der Waals surface area contributed by atoms with Crippen molar-refractivity contribution in [3.05, 3.63) is 84.2 Å². The van der Waals surface area contributed by atoms with Crippen molar-refractivity contribution in [2.45, 2.75) is 13.5 Å². The molecule has 5 rings (SSSR count). The molecule has 158 valence electrons. The van der Waals surface area contributed by atoms with Crippen LogP contribution < -0.4 is 5.32 Å². The summed E-state index contributed by atoms with van der Waals surface area (Å²) in [4.78, 5) is 28.1. The lowest BCUT2D eigenvalue weighted by Crippen LogP contribution is -2.02. The fraction of sp³-hybridized carbons (Fsp3) is 0.0870. The van der Waals surface area contributed by atoms with Crippen LogP contribution in [0.1, 0.15) is 21.9 Å². The predicted molar refractivity (Wildman–Crippen MR) is 119 cm³/mol. The van der Waals surface area contributed by atoms with Crippen molar-refractivity contribution in [3.8, 4) is 22.6 Å². The molecular formula is C23H19N7O2. The van der Waals surface area contributed by atoms with Gasteiger partial charge in [-0.3, -0.25) is 4.98 Å². The lowest BCUT2D eigenvalue weighted by Gasteiger charge is -2.04. The predicted octanol–water partition coefficient (Wildman–Crippen LogP) is 3.80. The Morgan fingerprint density at radius 3 is 2.72 bits per heavy atom. The van der Waals surface area contributed by atoms with E-state index in [9.17, 15) is 4.79 Å². The molecule has 0 saturated heterocycles. The molecular weight excluding hydrogens is 406 g/mol. The lowest BCUT2D eigenvalue weighted by molar-refractivity contribution is 0.0697. The third-order valence-electron chi connectivity index (χ3n) is 5.04. The Kier molecular flexibility index (Phi) is 4.83. The Hall–Kier alpha value is -4.53. The van der Waals surface area contributed by atoms with Crippen LogP contribution in [0.5, 0.6) is 0 Å². The third-order valence-corrected chi connectivity index (χ3v) is 5.04. The highest BCUT2D eigenvalue weighted by Crippen LogP contribution is 2.29. The van der Waals surface area contributed by atoms with E-state index in [0.717, 1.165) is 45.5 Å². The van der Waals surface area contributed by atoms with Crippen molar-refractivity contribution in [1.82, 2.24) is 29.5 Å². The number of aromatic nitrogens is 6. The summed E-state index contributed by atoms with van der Waals surface area (Å²) in [6.45, 7) is 2.38. The van der Waals surface area contributed by atoms with Gasteiger partial charge in [0.1, 0.15) is 12.2 Å². The van der Waals surface area contributed by atoms with Gasteiger partial charge < -0.3 is 15.4 Å². The van der Waals surface area contributed by atoms with Gasteiger partial charge in [0.2, 0.25) is 0 Å². The summed E-state index contributed by atoms with van der Waals surface area (Å²) in [5.74, 6) is -0.230. The number of H-pyrrole nitrogens is 1. The van der Waals surface area contributed by atoms with Gasteiger partial charge in [-0.15, -0.1) is 0 Å². The Bertz CT molecular complexity index is 1420. The summed E-state index contributed by atoms with van der Waals surface area (Å²) in [5.41, 5.74) is 5.96. The first kappa shape index (κ1) is 19.4. The fourth-order valence-electron chi connectivity index (χ4n) is 3.46. The Balaban J connectivity index is 1.49. The standard InChI is InChI=1S/C23H19N7O2/c1-14-3-2-4-18(27-14)22-21(16-7-10-20-25-13-26-30(20)12-16)28-19(29-22)11-24-17-8-5-15(6-9-17)23(31)32/h2-10,12-13,24H,11H2,1H3,(H,28,29)(H,31,32). The van der Waals surface area contributed by atoms with Gasteiger partial charge in [-0.25, -0.2) is 19.3 Å². The van der Waals surface area contributed by atoms with E-state index in [4.69, 9.17) is 10.1 Å². The van der Waals surface area contributed by atoms with Crippen molar-refractivity contribution in [2.24, 2.45) is 0 Å². The van der Waals surface area contributed by atoms with Gasteiger partial charge in [-0.05, 0) is 55.5 Å². The fourth-order valence-corrected chi connectivity index (χ4v) is 3.46. The number of carboxylic acids is 1. The number of carboxylic acid groups (broad SMARTS) is 1. The van der Waals surface area contributed by atoms with Gasteiger partial charge in [-0.1, -0.05) is 6.07 Å². The number of imidazole rings is 1. The van der Waals surface area contributed by atoms with Crippen LogP contribution in [0.2, 0.25) is 0 Å². The zero-order chi connectivity index (χ0) is 22.1. The van der Waals surface area contributed by atoms with E-state index >= 15 is 0 Å². The molecule has 0 spiro atoms. The number of fused-ring (bicyclic) bond motifs is 1. The van der Waals surface area contributed by atoms with Crippen LogP contribution in [0.25, 0.3) is 28.3 Å². The highest BCUT2D eigenvalue weighted by atomic mass is 16.4. The average molecular weight is 425 g/mol. The second kappa shape index (κ2) is 7.95. The Morgan fingerprint density at radius 2 is 1.94 bits per heavy atom. The first-order valence-corrected chi connectivity index (χ1v) is 9.97. The van der Waals surface area contributed by atoms with E-state index in [1.54, 1.807) is 28.8 Å². The molecule has 32 heavy (non-hydrogen) atoms. The quantitative estimate of drug-likeness (QED) is 0.378. The largest absolute Gasteiger partial charge is 0.478 e. The molecule has 1 aromatic carbocycles. The van der Waals surface area contributed by atoms with Crippen molar-refractivity contribution < 1.29 is 9.90 Å². The first-order valence-electron chi connectivity index (χ1n) is 9.97. The number of aromatic carboxylic acids is 1.